The summed E-state index contributed by atoms with van der Waals surface area (Å²) in [6, 6.07) is 27.2. The molecule has 0 radical (unpaired) electrons. The van der Waals surface area contributed by atoms with E-state index in [4.69, 9.17) is 37.9 Å². The molecule has 250 valence electrons. The topological polar surface area (TPSA) is 120 Å². The lowest BCUT2D eigenvalue weighted by molar-refractivity contribution is -0.375. The molecule has 5 rings (SSSR count). The van der Waals surface area contributed by atoms with Crippen molar-refractivity contribution in [1.29, 1.82) is 0 Å². The van der Waals surface area contributed by atoms with Crippen LogP contribution in [0, 0.1) is 0 Å². The summed E-state index contributed by atoms with van der Waals surface area (Å²) in [4.78, 5) is 25.6. The summed E-state index contributed by atoms with van der Waals surface area (Å²) in [6.45, 7) is 6.07. The van der Waals surface area contributed by atoms with E-state index in [1.54, 1.807) is 13.0 Å². The van der Waals surface area contributed by atoms with Crippen LogP contribution in [0.5, 0.6) is 0 Å². The number of hydrogen-bond donors (Lipinski definition) is 1. The number of fused-ring (bicyclic) bond motifs is 1. The zero-order chi connectivity index (χ0) is 33.0. The van der Waals surface area contributed by atoms with Crippen molar-refractivity contribution in [3.8, 4) is 0 Å². The molecule has 11 nitrogen and oxygen atoms in total. The van der Waals surface area contributed by atoms with Crippen molar-refractivity contribution in [3.63, 3.8) is 0 Å². The molecule has 2 aliphatic heterocycles. The molecule has 0 bridgehead atoms. The van der Waals surface area contributed by atoms with Gasteiger partial charge in [0, 0.05) is 5.56 Å². The second-order valence-corrected chi connectivity index (χ2v) is 11.1. The van der Waals surface area contributed by atoms with Crippen molar-refractivity contribution in [1.82, 2.24) is 5.32 Å². The van der Waals surface area contributed by atoms with Crippen LogP contribution in [-0.2, 0) is 55.9 Å². The van der Waals surface area contributed by atoms with Gasteiger partial charge in [0.25, 0.3) is 0 Å². The monoisotopic (exact) mass is 647 g/mol. The molecule has 3 aromatic carbocycles. The van der Waals surface area contributed by atoms with Gasteiger partial charge in [-0.3, -0.25) is 0 Å². The first-order chi connectivity index (χ1) is 23.0. The Morgan fingerprint density at radius 3 is 2.17 bits per heavy atom. The van der Waals surface area contributed by atoms with Crippen LogP contribution >= 0.6 is 0 Å². The van der Waals surface area contributed by atoms with Crippen LogP contribution in [0.3, 0.4) is 0 Å². The van der Waals surface area contributed by atoms with Crippen LogP contribution < -0.4 is 5.32 Å². The van der Waals surface area contributed by atoms with E-state index in [0.29, 0.717) is 0 Å². The second-order valence-electron chi connectivity index (χ2n) is 11.1. The number of ether oxygens (including phenoxy) is 8. The number of hydrogen-bond acceptors (Lipinski definition) is 10. The predicted octanol–water partition coefficient (Wildman–Crippen LogP) is 4.86. The summed E-state index contributed by atoms with van der Waals surface area (Å²) in [7, 11) is 1.23. The smallest absolute Gasteiger partial charge is 0.408 e. The Bertz CT molecular complexity index is 1410. The van der Waals surface area contributed by atoms with E-state index in [9.17, 15) is 9.59 Å². The van der Waals surface area contributed by atoms with Gasteiger partial charge in [0.15, 0.2) is 18.6 Å². The Morgan fingerprint density at radius 2 is 1.53 bits per heavy atom. The molecule has 0 spiro atoms. The molecule has 1 N–H and O–H groups in total. The molecule has 2 fully saturated rings. The van der Waals surface area contributed by atoms with Gasteiger partial charge in [-0.1, -0.05) is 97.1 Å². The van der Waals surface area contributed by atoms with E-state index in [0.717, 1.165) is 16.7 Å². The third kappa shape index (κ3) is 9.25. The van der Waals surface area contributed by atoms with E-state index >= 15 is 0 Å². The lowest BCUT2D eigenvalue weighted by Gasteiger charge is -2.49. The fourth-order valence-electron chi connectivity index (χ4n) is 5.42. The van der Waals surface area contributed by atoms with Crippen LogP contribution in [0.4, 0.5) is 4.79 Å². The van der Waals surface area contributed by atoms with Gasteiger partial charge in [0.05, 0.1) is 33.0 Å². The molecule has 1 amide bonds. The molecule has 47 heavy (non-hydrogen) atoms. The Balaban J connectivity index is 1.35. The minimum atomic E-state index is -1.23. The number of carbonyl (C=O) groups is 2. The number of benzene rings is 3. The molecule has 2 saturated heterocycles. The summed E-state index contributed by atoms with van der Waals surface area (Å²) in [5.41, 5.74) is 2.57. The number of alkyl carbamates (subject to hydrolysis) is 1. The first-order valence-corrected chi connectivity index (χ1v) is 15.5. The molecular formula is C36H41NO10. The van der Waals surface area contributed by atoms with Gasteiger partial charge in [-0.05, 0) is 18.1 Å². The van der Waals surface area contributed by atoms with Gasteiger partial charge < -0.3 is 43.2 Å². The standard InChI is InChI=1S/C36H41NO10/c1-4-20-41-31-30-28(23-43-34(47-30)27-18-12-7-13-19-27)46-35(32(31)42-21-25-14-8-5-9-15-25)45-24(2)29(33(38)40-3)37-36(39)44-22-26-16-10-6-11-17-26/h4-19,24,28-32,34-35H,1,20-23H2,2-3H3,(H,37,39)/t24-,28-,29+,30-,31+,32+,34-,35-/m1/s1. The number of nitrogens with one attached hydrogen (secondary N) is 1. The van der Waals surface area contributed by atoms with Crippen LogP contribution in [-0.4, -0.2) is 75.2 Å². The average Bonchev–Trinajstić information content (AvgIpc) is 3.12. The van der Waals surface area contributed by atoms with Crippen molar-refractivity contribution in [3.05, 3.63) is 120 Å². The maximum Gasteiger partial charge on any atom is 0.408 e. The number of amides is 1. The SMILES string of the molecule is C=CCO[C@@H]1[C@H](OCc2ccccc2)[C@H](O[C@H](C)[C@H](NC(=O)OCc2ccccc2)C(=O)OC)O[C@@H]2CO[C@@H](c3ccccc3)O[C@@H]12. The van der Waals surface area contributed by atoms with Gasteiger partial charge in [0.2, 0.25) is 0 Å². The molecule has 2 aliphatic rings. The summed E-state index contributed by atoms with van der Waals surface area (Å²) in [5, 5.41) is 2.57. The Labute approximate surface area is 274 Å². The molecule has 3 aromatic rings. The maximum absolute atomic E-state index is 12.9. The highest BCUT2D eigenvalue weighted by Crippen LogP contribution is 2.37. The van der Waals surface area contributed by atoms with Gasteiger partial charge in [-0.15, -0.1) is 6.58 Å². The predicted molar refractivity (Wildman–Crippen MR) is 170 cm³/mol. The Morgan fingerprint density at radius 1 is 0.894 bits per heavy atom. The Kier molecular flexibility index (Phi) is 12.5. The van der Waals surface area contributed by atoms with Gasteiger partial charge in [-0.2, -0.15) is 0 Å². The van der Waals surface area contributed by atoms with Crippen molar-refractivity contribution in [2.75, 3.05) is 20.3 Å². The van der Waals surface area contributed by atoms with Crippen LogP contribution in [0.25, 0.3) is 0 Å². The second kappa shape index (κ2) is 17.2. The van der Waals surface area contributed by atoms with Gasteiger partial charge in [0.1, 0.15) is 31.0 Å². The van der Waals surface area contributed by atoms with E-state index in [-0.39, 0.29) is 26.4 Å². The number of methoxy groups -OCH3 is 1. The third-order valence-corrected chi connectivity index (χ3v) is 7.81. The van der Waals surface area contributed by atoms with Crippen molar-refractivity contribution < 1.29 is 47.5 Å². The molecule has 0 saturated carbocycles. The van der Waals surface area contributed by atoms with Crippen LogP contribution in [0.1, 0.15) is 29.9 Å². The van der Waals surface area contributed by atoms with Crippen molar-refractivity contribution >= 4 is 12.1 Å². The highest BCUT2D eigenvalue weighted by molar-refractivity contribution is 5.81. The average molecular weight is 648 g/mol. The number of rotatable bonds is 14. The van der Waals surface area contributed by atoms with E-state index in [1.165, 1.54) is 7.11 Å². The first kappa shape index (κ1) is 34.2. The van der Waals surface area contributed by atoms with E-state index in [1.807, 2.05) is 91.0 Å². The molecule has 0 unspecified atom stereocenters. The maximum atomic E-state index is 12.9. The lowest BCUT2D eigenvalue weighted by Crippen LogP contribution is -2.64. The zero-order valence-electron chi connectivity index (χ0n) is 26.5. The summed E-state index contributed by atoms with van der Waals surface area (Å²) in [6.07, 6.45) is -4.50. The minimum Gasteiger partial charge on any atom is -0.467 e. The fourth-order valence-corrected chi connectivity index (χ4v) is 5.42. The molecule has 0 aliphatic carbocycles. The lowest BCUT2D eigenvalue weighted by atomic mass is 9.97. The number of carbonyl (C=O) groups excluding carboxylic acids is 2. The van der Waals surface area contributed by atoms with E-state index < -0.39 is 61.2 Å². The van der Waals surface area contributed by atoms with Crippen LogP contribution in [0.2, 0.25) is 0 Å². The molecule has 2 heterocycles. The highest BCUT2D eigenvalue weighted by Gasteiger charge is 2.52. The van der Waals surface area contributed by atoms with E-state index in [2.05, 4.69) is 11.9 Å². The fraction of sp³-hybridized carbons (Fsp3) is 0.389. The summed E-state index contributed by atoms with van der Waals surface area (Å²) >= 11 is 0. The molecule has 11 heteroatoms. The highest BCUT2D eigenvalue weighted by atomic mass is 16.8. The summed E-state index contributed by atoms with van der Waals surface area (Å²) < 4.78 is 48.4. The van der Waals surface area contributed by atoms with Gasteiger partial charge in [-0.25, -0.2) is 9.59 Å². The van der Waals surface area contributed by atoms with Crippen molar-refractivity contribution in [2.24, 2.45) is 0 Å². The normalized spacial score (nSPS) is 25.1. The van der Waals surface area contributed by atoms with Gasteiger partial charge >= 0.3 is 12.1 Å². The Hall–Kier alpha value is -4.10. The number of esters is 1. The summed E-state index contributed by atoms with van der Waals surface area (Å²) in [5.74, 6) is -0.723. The quantitative estimate of drug-likeness (QED) is 0.192. The third-order valence-electron chi connectivity index (χ3n) is 7.81. The zero-order valence-corrected chi connectivity index (χ0v) is 26.5. The molecule has 0 aromatic heterocycles. The first-order valence-electron chi connectivity index (χ1n) is 15.5. The largest absolute Gasteiger partial charge is 0.467 e. The molecular weight excluding hydrogens is 606 g/mol. The van der Waals surface area contributed by atoms with Crippen molar-refractivity contribution in [2.45, 2.75) is 69.3 Å². The van der Waals surface area contributed by atoms with Crippen LogP contribution in [0.15, 0.2) is 104 Å². The minimum absolute atomic E-state index is 0.0201. The molecule has 8 atom stereocenters.